The van der Waals surface area contributed by atoms with Crippen LogP contribution in [-0.2, 0) is 6.54 Å². The third kappa shape index (κ3) is 3.85. The molecule has 0 aliphatic heterocycles. The number of hydrogen-bond donors (Lipinski definition) is 1. The normalized spacial score (nSPS) is 24.8. The Hall–Kier alpha value is -0.820. The molecule has 1 N–H and O–H groups in total. The maximum atomic E-state index is 3.71. The fourth-order valence-corrected chi connectivity index (χ4v) is 2.86. The van der Waals surface area contributed by atoms with Crippen LogP contribution in [-0.4, -0.2) is 6.04 Å². The Labute approximate surface area is 106 Å². The van der Waals surface area contributed by atoms with Gasteiger partial charge in [0.2, 0.25) is 0 Å². The van der Waals surface area contributed by atoms with Crippen molar-refractivity contribution in [2.45, 2.75) is 58.5 Å². The minimum atomic E-state index is 0.748. The second kappa shape index (κ2) is 6.20. The zero-order valence-corrected chi connectivity index (χ0v) is 11.2. The molecule has 17 heavy (non-hydrogen) atoms. The van der Waals surface area contributed by atoms with Gasteiger partial charge in [-0.15, -0.1) is 0 Å². The lowest BCUT2D eigenvalue weighted by Crippen LogP contribution is -2.32. The van der Waals surface area contributed by atoms with Gasteiger partial charge in [-0.25, -0.2) is 0 Å². The molecule has 0 unspecified atom stereocenters. The first-order chi connectivity index (χ1) is 8.28. The summed E-state index contributed by atoms with van der Waals surface area (Å²) in [5.41, 5.74) is 2.78. The van der Waals surface area contributed by atoms with Crippen LogP contribution in [0.3, 0.4) is 0 Å². The van der Waals surface area contributed by atoms with Gasteiger partial charge >= 0.3 is 0 Å². The molecule has 2 rings (SSSR count). The Morgan fingerprint density at radius 1 is 1.18 bits per heavy atom. The largest absolute Gasteiger partial charge is 0.310 e. The van der Waals surface area contributed by atoms with Crippen LogP contribution < -0.4 is 5.32 Å². The van der Waals surface area contributed by atoms with Crippen molar-refractivity contribution in [1.29, 1.82) is 0 Å². The Bertz CT molecular complexity index is 337. The molecule has 94 valence electrons. The number of benzene rings is 1. The summed E-state index contributed by atoms with van der Waals surface area (Å²) in [4.78, 5) is 0. The highest BCUT2D eigenvalue weighted by Crippen LogP contribution is 2.26. The lowest BCUT2D eigenvalue weighted by molar-refractivity contribution is 0.285. The predicted octanol–water partition coefficient (Wildman–Crippen LogP) is 4.05. The summed E-state index contributed by atoms with van der Waals surface area (Å²) >= 11 is 0. The van der Waals surface area contributed by atoms with E-state index in [2.05, 4.69) is 43.4 Å². The summed E-state index contributed by atoms with van der Waals surface area (Å²) in [6, 6.07) is 9.57. The standard InChI is InChI=1S/C16H25N/c1-3-14-7-9-16(10-8-14)17-12-15-6-4-5-13(2)11-15/h4-6,11,14,16-17H,3,7-10,12H2,1-2H3. The van der Waals surface area contributed by atoms with Crippen LogP contribution in [0, 0.1) is 12.8 Å². The Balaban J connectivity index is 1.76. The van der Waals surface area contributed by atoms with E-state index in [4.69, 9.17) is 0 Å². The molecule has 1 aromatic carbocycles. The predicted molar refractivity (Wildman–Crippen MR) is 74.1 cm³/mol. The Kier molecular flexibility index (Phi) is 4.61. The maximum absolute atomic E-state index is 3.71. The van der Waals surface area contributed by atoms with Crippen molar-refractivity contribution in [2.75, 3.05) is 0 Å². The molecule has 1 aromatic rings. The molecule has 0 radical (unpaired) electrons. The average molecular weight is 231 g/mol. The minimum Gasteiger partial charge on any atom is -0.310 e. The van der Waals surface area contributed by atoms with Crippen molar-refractivity contribution in [1.82, 2.24) is 5.32 Å². The Morgan fingerprint density at radius 2 is 1.94 bits per heavy atom. The lowest BCUT2D eigenvalue weighted by atomic mass is 9.84. The summed E-state index contributed by atoms with van der Waals surface area (Å²) in [6.07, 6.45) is 6.93. The van der Waals surface area contributed by atoms with Gasteiger partial charge in [-0.1, -0.05) is 43.2 Å². The molecule has 0 aromatic heterocycles. The topological polar surface area (TPSA) is 12.0 Å². The number of aryl methyl sites for hydroxylation is 1. The molecule has 1 saturated carbocycles. The van der Waals surface area contributed by atoms with Gasteiger partial charge in [0.15, 0.2) is 0 Å². The van der Waals surface area contributed by atoms with Crippen molar-refractivity contribution in [3.8, 4) is 0 Å². The SMILES string of the molecule is CCC1CCC(NCc2cccc(C)c2)CC1. The molecule has 0 heterocycles. The third-order valence-electron chi connectivity index (χ3n) is 4.10. The molecule has 1 aliphatic rings. The Morgan fingerprint density at radius 3 is 2.59 bits per heavy atom. The van der Waals surface area contributed by atoms with E-state index in [9.17, 15) is 0 Å². The van der Waals surface area contributed by atoms with Gasteiger partial charge in [-0.05, 0) is 44.1 Å². The highest BCUT2D eigenvalue weighted by Gasteiger charge is 2.19. The number of nitrogens with one attached hydrogen (secondary N) is 1. The molecule has 0 saturated heterocycles. The van der Waals surface area contributed by atoms with Crippen LogP contribution in [0.2, 0.25) is 0 Å². The monoisotopic (exact) mass is 231 g/mol. The second-order valence-electron chi connectivity index (χ2n) is 5.50. The average Bonchev–Trinajstić information content (AvgIpc) is 2.37. The van der Waals surface area contributed by atoms with Gasteiger partial charge in [-0.2, -0.15) is 0 Å². The molecule has 1 aliphatic carbocycles. The summed E-state index contributed by atoms with van der Waals surface area (Å²) in [7, 11) is 0. The van der Waals surface area contributed by atoms with Gasteiger partial charge in [0.1, 0.15) is 0 Å². The van der Waals surface area contributed by atoms with Gasteiger partial charge in [0.25, 0.3) is 0 Å². The number of rotatable bonds is 4. The van der Waals surface area contributed by atoms with E-state index in [1.807, 2.05) is 0 Å². The van der Waals surface area contributed by atoms with Crippen molar-refractivity contribution < 1.29 is 0 Å². The summed E-state index contributed by atoms with van der Waals surface area (Å²) in [5, 5.41) is 3.71. The molecule has 1 fully saturated rings. The van der Waals surface area contributed by atoms with E-state index in [0.717, 1.165) is 18.5 Å². The van der Waals surface area contributed by atoms with Gasteiger partial charge in [0, 0.05) is 12.6 Å². The first-order valence-electron chi connectivity index (χ1n) is 7.07. The van der Waals surface area contributed by atoms with Crippen LogP contribution in [0.5, 0.6) is 0 Å². The van der Waals surface area contributed by atoms with Crippen molar-refractivity contribution in [3.63, 3.8) is 0 Å². The van der Waals surface area contributed by atoms with Crippen molar-refractivity contribution in [2.24, 2.45) is 5.92 Å². The van der Waals surface area contributed by atoms with Crippen LogP contribution in [0.1, 0.15) is 50.2 Å². The molecule has 0 bridgehead atoms. The van der Waals surface area contributed by atoms with Gasteiger partial charge < -0.3 is 5.32 Å². The fourth-order valence-electron chi connectivity index (χ4n) is 2.86. The van der Waals surface area contributed by atoms with Crippen LogP contribution in [0.25, 0.3) is 0 Å². The van der Waals surface area contributed by atoms with Gasteiger partial charge in [0.05, 0.1) is 0 Å². The molecular weight excluding hydrogens is 206 g/mol. The first kappa shape index (κ1) is 12.6. The molecule has 0 amide bonds. The summed E-state index contributed by atoms with van der Waals surface area (Å²) < 4.78 is 0. The molecule has 0 atom stereocenters. The quantitative estimate of drug-likeness (QED) is 0.824. The van der Waals surface area contributed by atoms with Crippen LogP contribution >= 0.6 is 0 Å². The van der Waals surface area contributed by atoms with E-state index >= 15 is 0 Å². The number of hydrogen-bond acceptors (Lipinski definition) is 1. The van der Waals surface area contributed by atoms with E-state index in [-0.39, 0.29) is 0 Å². The highest BCUT2D eigenvalue weighted by molar-refractivity contribution is 5.22. The van der Waals surface area contributed by atoms with Crippen LogP contribution in [0.4, 0.5) is 0 Å². The smallest absolute Gasteiger partial charge is 0.0208 e. The second-order valence-corrected chi connectivity index (χ2v) is 5.50. The highest BCUT2D eigenvalue weighted by atomic mass is 14.9. The summed E-state index contributed by atoms with van der Waals surface area (Å²) in [6.45, 7) is 5.52. The van der Waals surface area contributed by atoms with E-state index in [1.165, 1.54) is 43.2 Å². The zero-order valence-electron chi connectivity index (χ0n) is 11.2. The zero-order chi connectivity index (χ0) is 12.1. The lowest BCUT2D eigenvalue weighted by Gasteiger charge is -2.28. The fraction of sp³-hybridized carbons (Fsp3) is 0.625. The molecule has 1 nitrogen and oxygen atoms in total. The van der Waals surface area contributed by atoms with E-state index in [1.54, 1.807) is 0 Å². The molecule has 1 heteroatoms. The molecule has 0 spiro atoms. The van der Waals surface area contributed by atoms with Gasteiger partial charge in [-0.3, -0.25) is 0 Å². The minimum absolute atomic E-state index is 0.748. The summed E-state index contributed by atoms with van der Waals surface area (Å²) in [5.74, 6) is 0.993. The molecular formula is C16H25N. The maximum Gasteiger partial charge on any atom is 0.0208 e. The third-order valence-corrected chi connectivity index (χ3v) is 4.10. The van der Waals surface area contributed by atoms with E-state index < -0.39 is 0 Å². The van der Waals surface area contributed by atoms with Crippen molar-refractivity contribution >= 4 is 0 Å². The van der Waals surface area contributed by atoms with E-state index in [0.29, 0.717) is 0 Å². The van der Waals surface area contributed by atoms with Crippen molar-refractivity contribution in [3.05, 3.63) is 35.4 Å². The first-order valence-corrected chi connectivity index (χ1v) is 7.07. The van der Waals surface area contributed by atoms with Crippen LogP contribution in [0.15, 0.2) is 24.3 Å².